The minimum absolute atomic E-state index is 0.238. The first-order valence-electron chi connectivity index (χ1n) is 9.37. The van der Waals surface area contributed by atoms with Crippen LogP contribution in [0.5, 0.6) is 0 Å². The minimum Gasteiger partial charge on any atom is -0.455 e. The van der Waals surface area contributed by atoms with Gasteiger partial charge in [0.25, 0.3) is 5.91 Å². The number of carbonyl (C=O) groups is 2. The fourth-order valence-corrected chi connectivity index (χ4v) is 6.12. The number of nitrogens with one attached hydrogen (secondary N) is 1. The molecule has 27 heavy (non-hydrogen) atoms. The van der Waals surface area contributed by atoms with E-state index in [-0.39, 0.29) is 25.0 Å². The van der Waals surface area contributed by atoms with Crippen molar-refractivity contribution in [2.45, 2.75) is 50.7 Å². The van der Waals surface area contributed by atoms with Gasteiger partial charge in [-0.25, -0.2) is 0 Å². The molecular weight excluding hydrogens is 389 g/mol. The van der Waals surface area contributed by atoms with Crippen LogP contribution in [0.2, 0.25) is 10.0 Å². The Morgan fingerprint density at radius 3 is 2.52 bits per heavy atom. The molecule has 0 spiro atoms. The largest absolute Gasteiger partial charge is 0.455 e. The fourth-order valence-electron chi connectivity index (χ4n) is 5.65. The third-order valence-corrected chi connectivity index (χ3v) is 6.88. The lowest BCUT2D eigenvalue weighted by atomic mass is 9.48. The van der Waals surface area contributed by atoms with Gasteiger partial charge in [-0.15, -0.1) is 0 Å². The van der Waals surface area contributed by atoms with Crippen LogP contribution >= 0.6 is 23.2 Å². The van der Waals surface area contributed by atoms with Crippen molar-refractivity contribution in [3.8, 4) is 0 Å². The number of hydrogen-bond acceptors (Lipinski definition) is 4. The van der Waals surface area contributed by atoms with Crippen molar-refractivity contribution < 1.29 is 19.4 Å². The molecule has 0 saturated heterocycles. The lowest BCUT2D eigenvalue weighted by molar-refractivity contribution is -0.196. The van der Waals surface area contributed by atoms with Gasteiger partial charge in [0.05, 0.1) is 11.0 Å². The van der Waals surface area contributed by atoms with E-state index in [4.69, 9.17) is 27.9 Å². The van der Waals surface area contributed by atoms with E-state index in [9.17, 15) is 14.7 Å². The number of aliphatic hydroxyl groups is 1. The highest BCUT2D eigenvalue weighted by Crippen LogP contribution is 2.61. The second-order valence-electron chi connectivity index (χ2n) is 8.55. The van der Waals surface area contributed by atoms with Crippen LogP contribution in [0, 0.1) is 17.3 Å². The number of amides is 1. The number of ether oxygens (including phenoxy) is 1. The predicted octanol–water partition coefficient (Wildman–Crippen LogP) is 3.48. The summed E-state index contributed by atoms with van der Waals surface area (Å²) in [5.74, 6) is 0.0712. The van der Waals surface area contributed by atoms with E-state index >= 15 is 0 Å². The Hall–Kier alpha value is -1.30. The summed E-state index contributed by atoms with van der Waals surface area (Å²) in [4.78, 5) is 24.8. The second kappa shape index (κ2) is 6.94. The van der Waals surface area contributed by atoms with Crippen molar-refractivity contribution in [1.82, 2.24) is 5.32 Å². The van der Waals surface area contributed by atoms with Crippen molar-refractivity contribution >= 4 is 35.1 Å². The molecule has 4 fully saturated rings. The van der Waals surface area contributed by atoms with Gasteiger partial charge in [-0.2, -0.15) is 0 Å². The zero-order chi connectivity index (χ0) is 19.2. The average molecular weight is 412 g/mol. The van der Waals surface area contributed by atoms with Gasteiger partial charge in [-0.1, -0.05) is 29.3 Å². The van der Waals surface area contributed by atoms with Gasteiger partial charge in [0.15, 0.2) is 6.61 Å². The molecule has 146 valence electrons. The monoisotopic (exact) mass is 411 g/mol. The van der Waals surface area contributed by atoms with Crippen LogP contribution in [0.1, 0.15) is 44.1 Å². The van der Waals surface area contributed by atoms with E-state index in [1.165, 1.54) is 0 Å². The van der Waals surface area contributed by atoms with Gasteiger partial charge >= 0.3 is 5.97 Å². The Labute approximate surface area is 168 Å². The summed E-state index contributed by atoms with van der Waals surface area (Å²) in [7, 11) is 0. The maximum absolute atomic E-state index is 12.8. The standard InChI is InChI=1S/C20H23Cl2NO4/c21-15-2-1-14(16(22)4-15)9-23-17(24)10-27-18(25)19-5-12-3-13(6-19)8-20(26,7-12)11-19/h1-2,4,12-13,26H,3,5-11H2,(H,23,24). The van der Waals surface area contributed by atoms with Gasteiger partial charge in [-0.3, -0.25) is 9.59 Å². The van der Waals surface area contributed by atoms with E-state index in [0.29, 0.717) is 28.3 Å². The molecule has 5 rings (SSSR count). The maximum atomic E-state index is 12.8. The summed E-state index contributed by atoms with van der Waals surface area (Å²) in [5, 5.41) is 14.4. The quantitative estimate of drug-likeness (QED) is 0.727. The second-order valence-corrected chi connectivity index (χ2v) is 9.40. The zero-order valence-electron chi connectivity index (χ0n) is 15.0. The van der Waals surface area contributed by atoms with Crippen LogP contribution < -0.4 is 5.32 Å². The van der Waals surface area contributed by atoms with E-state index in [0.717, 1.165) is 37.7 Å². The normalized spacial score (nSPS) is 33.7. The first kappa shape index (κ1) is 19.0. The van der Waals surface area contributed by atoms with Crippen LogP contribution in [-0.2, 0) is 20.9 Å². The van der Waals surface area contributed by atoms with Crippen molar-refractivity contribution in [3.05, 3.63) is 33.8 Å². The zero-order valence-corrected chi connectivity index (χ0v) is 16.5. The van der Waals surface area contributed by atoms with Gasteiger partial charge < -0.3 is 15.2 Å². The predicted molar refractivity (Wildman–Crippen MR) is 101 cm³/mol. The summed E-state index contributed by atoms with van der Waals surface area (Å²) < 4.78 is 5.36. The molecule has 1 amide bonds. The first-order chi connectivity index (χ1) is 12.8. The van der Waals surface area contributed by atoms with Crippen LogP contribution in [0.3, 0.4) is 0 Å². The summed E-state index contributed by atoms with van der Waals surface area (Å²) in [5.41, 5.74) is -0.598. The Bertz CT molecular complexity index is 767. The molecule has 0 radical (unpaired) electrons. The highest BCUT2D eigenvalue weighted by atomic mass is 35.5. The highest BCUT2D eigenvalue weighted by molar-refractivity contribution is 6.35. The summed E-state index contributed by atoms with van der Waals surface area (Å²) in [6.45, 7) is -0.0824. The minimum atomic E-state index is -0.726. The third kappa shape index (κ3) is 3.82. The van der Waals surface area contributed by atoms with Gasteiger partial charge in [0.1, 0.15) is 0 Å². The van der Waals surface area contributed by atoms with E-state index in [2.05, 4.69) is 5.32 Å². The molecule has 1 aromatic carbocycles. The molecule has 4 saturated carbocycles. The van der Waals surface area contributed by atoms with Crippen LogP contribution in [0.4, 0.5) is 0 Å². The Morgan fingerprint density at radius 2 is 1.89 bits per heavy atom. The number of benzene rings is 1. The van der Waals surface area contributed by atoms with Gasteiger partial charge in [0, 0.05) is 16.6 Å². The van der Waals surface area contributed by atoms with Crippen molar-refractivity contribution in [2.24, 2.45) is 17.3 Å². The number of rotatable bonds is 5. The van der Waals surface area contributed by atoms with E-state index in [1.807, 2.05) is 0 Å². The Morgan fingerprint density at radius 1 is 1.19 bits per heavy atom. The molecule has 7 heteroatoms. The van der Waals surface area contributed by atoms with E-state index < -0.39 is 11.0 Å². The molecule has 1 aromatic rings. The number of hydrogen-bond donors (Lipinski definition) is 2. The molecule has 4 bridgehead atoms. The molecule has 5 nitrogen and oxygen atoms in total. The third-order valence-electron chi connectivity index (χ3n) is 6.29. The van der Waals surface area contributed by atoms with Gasteiger partial charge in [0.2, 0.25) is 0 Å². The number of halogens is 2. The molecule has 0 aliphatic heterocycles. The first-order valence-corrected chi connectivity index (χ1v) is 10.1. The molecule has 4 aliphatic rings. The summed E-state index contributed by atoms with van der Waals surface area (Å²) in [6.07, 6.45) is 4.69. The van der Waals surface area contributed by atoms with Crippen LogP contribution in [-0.4, -0.2) is 29.2 Å². The Balaban J connectivity index is 1.31. The maximum Gasteiger partial charge on any atom is 0.312 e. The lowest BCUT2D eigenvalue weighted by Crippen LogP contribution is -2.58. The molecule has 0 aromatic heterocycles. The molecule has 2 N–H and O–H groups in total. The van der Waals surface area contributed by atoms with Crippen molar-refractivity contribution in [2.75, 3.05) is 6.61 Å². The van der Waals surface area contributed by atoms with Crippen LogP contribution in [0.15, 0.2) is 18.2 Å². The summed E-state index contributed by atoms with van der Waals surface area (Å²) >= 11 is 11.9. The lowest BCUT2D eigenvalue weighted by Gasteiger charge is -2.58. The number of esters is 1. The Kier molecular flexibility index (Phi) is 4.90. The van der Waals surface area contributed by atoms with E-state index in [1.54, 1.807) is 18.2 Å². The fraction of sp³-hybridized carbons (Fsp3) is 0.600. The molecule has 4 aliphatic carbocycles. The highest BCUT2D eigenvalue weighted by Gasteiger charge is 2.60. The van der Waals surface area contributed by atoms with Crippen molar-refractivity contribution in [3.63, 3.8) is 0 Å². The summed E-state index contributed by atoms with van der Waals surface area (Å²) in [6, 6.07) is 5.06. The molecule has 2 atom stereocenters. The number of carbonyl (C=O) groups excluding carboxylic acids is 2. The molecule has 0 heterocycles. The average Bonchev–Trinajstić information content (AvgIpc) is 2.56. The topological polar surface area (TPSA) is 75.6 Å². The van der Waals surface area contributed by atoms with Crippen LogP contribution in [0.25, 0.3) is 0 Å². The molecule has 2 unspecified atom stereocenters. The van der Waals surface area contributed by atoms with Gasteiger partial charge in [-0.05, 0) is 68.1 Å². The smallest absolute Gasteiger partial charge is 0.312 e. The van der Waals surface area contributed by atoms with Crippen molar-refractivity contribution in [1.29, 1.82) is 0 Å². The SMILES string of the molecule is O=C(COC(=O)C12CC3CC(CC(O)(C3)C1)C2)NCc1ccc(Cl)cc1Cl. The molecular formula is C20H23Cl2NO4.